The maximum absolute atomic E-state index is 10.5. The molecule has 0 saturated carbocycles. The van der Waals surface area contributed by atoms with E-state index in [1.54, 1.807) is 0 Å². The molecule has 6 heteroatoms. The van der Waals surface area contributed by atoms with E-state index in [1.165, 1.54) is 24.3 Å². The molecular formula is C9H10ClNO4. The Kier molecular flexibility index (Phi) is 4.77. The molecule has 0 fully saturated rings. The predicted molar refractivity (Wildman–Crippen MR) is 55.2 cm³/mol. The van der Waals surface area contributed by atoms with E-state index >= 15 is 0 Å². The first-order chi connectivity index (χ1) is 6.52. The summed E-state index contributed by atoms with van der Waals surface area (Å²) in [4.78, 5) is 20.9. The van der Waals surface area contributed by atoms with Crippen molar-refractivity contribution < 1.29 is 19.8 Å². The smallest absolute Gasteiger partial charge is 0.335 e. The van der Waals surface area contributed by atoms with Gasteiger partial charge >= 0.3 is 11.9 Å². The third-order valence-electron chi connectivity index (χ3n) is 1.78. The van der Waals surface area contributed by atoms with Crippen LogP contribution in [0.25, 0.3) is 0 Å². The number of benzene rings is 1. The summed E-state index contributed by atoms with van der Waals surface area (Å²) in [6.07, 6.45) is 0. The van der Waals surface area contributed by atoms with Crippen LogP contribution in [0.1, 0.15) is 22.0 Å². The van der Waals surface area contributed by atoms with E-state index in [-0.39, 0.29) is 18.0 Å². The molecule has 4 N–H and O–H groups in total. The minimum Gasteiger partial charge on any atom is -0.480 e. The lowest BCUT2D eigenvalue weighted by Gasteiger charge is -2.06. The second-order valence-corrected chi connectivity index (χ2v) is 2.74. The number of carboxylic acids is 2. The third-order valence-corrected chi connectivity index (χ3v) is 1.78. The number of hydrogen-bond acceptors (Lipinski definition) is 3. The second-order valence-electron chi connectivity index (χ2n) is 2.74. The Bertz CT molecular complexity index is 363. The molecule has 0 amide bonds. The molecule has 0 radical (unpaired) electrons. The molecule has 82 valence electrons. The zero-order chi connectivity index (χ0) is 10.7. The van der Waals surface area contributed by atoms with E-state index in [4.69, 9.17) is 15.9 Å². The van der Waals surface area contributed by atoms with Crippen LogP contribution in [0.15, 0.2) is 24.3 Å². The van der Waals surface area contributed by atoms with Gasteiger partial charge in [-0.05, 0) is 17.7 Å². The largest absolute Gasteiger partial charge is 0.480 e. The zero-order valence-electron chi connectivity index (χ0n) is 7.58. The maximum Gasteiger partial charge on any atom is 0.335 e. The first kappa shape index (κ1) is 13.4. The SMILES string of the molecule is Cl.NC(C(=O)O)c1ccc(C(=O)O)cc1. The minimum atomic E-state index is -1.15. The molecule has 1 unspecified atom stereocenters. The van der Waals surface area contributed by atoms with Gasteiger partial charge in [-0.1, -0.05) is 12.1 Å². The molecule has 0 spiro atoms. The number of aliphatic carboxylic acids is 1. The van der Waals surface area contributed by atoms with Crippen molar-refractivity contribution in [1.82, 2.24) is 0 Å². The summed E-state index contributed by atoms with van der Waals surface area (Å²) in [5, 5.41) is 17.1. The van der Waals surface area contributed by atoms with Crippen LogP contribution in [0.4, 0.5) is 0 Å². The van der Waals surface area contributed by atoms with Crippen LogP contribution in [-0.4, -0.2) is 22.2 Å². The van der Waals surface area contributed by atoms with Gasteiger partial charge < -0.3 is 15.9 Å². The topological polar surface area (TPSA) is 101 Å². The molecule has 5 nitrogen and oxygen atoms in total. The Morgan fingerprint density at radius 2 is 1.60 bits per heavy atom. The average molecular weight is 232 g/mol. The van der Waals surface area contributed by atoms with Crippen molar-refractivity contribution in [2.24, 2.45) is 5.73 Å². The van der Waals surface area contributed by atoms with Gasteiger partial charge in [-0.3, -0.25) is 4.79 Å². The fourth-order valence-electron chi connectivity index (χ4n) is 0.976. The van der Waals surface area contributed by atoms with Gasteiger partial charge in [0.1, 0.15) is 6.04 Å². The number of carbonyl (C=O) groups is 2. The van der Waals surface area contributed by atoms with Gasteiger partial charge in [0.25, 0.3) is 0 Å². The van der Waals surface area contributed by atoms with Crippen LogP contribution in [0.3, 0.4) is 0 Å². The normalized spacial score (nSPS) is 11.3. The van der Waals surface area contributed by atoms with Gasteiger partial charge in [0.15, 0.2) is 0 Å². The number of carboxylic acid groups (broad SMARTS) is 2. The van der Waals surface area contributed by atoms with Crippen molar-refractivity contribution in [2.45, 2.75) is 6.04 Å². The highest BCUT2D eigenvalue weighted by molar-refractivity contribution is 5.87. The fourth-order valence-corrected chi connectivity index (χ4v) is 0.976. The molecular weight excluding hydrogens is 222 g/mol. The molecule has 1 atom stereocenters. The zero-order valence-corrected chi connectivity index (χ0v) is 8.40. The van der Waals surface area contributed by atoms with Crippen LogP contribution in [0.2, 0.25) is 0 Å². The van der Waals surface area contributed by atoms with Crippen LogP contribution >= 0.6 is 12.4 Å². The highest BCUT2D eigenvalue weighted by Crippen LogP contribution is 2.11. The molecule has 15 heavy (non-hydrogen) atoms. The summed E-state index contributed by atoms with van der Waals surface area (Å²) in [7, 11) is 0. The first-order valence-corrected chi connectivity index (χ1v) is 3.84. The Balaban J connectivity index is 0.00000196. The van der Waals surface area contributed by atoms with Crippen molar-refractivity contribution in [3.8, 4) is 0 Å². The third kappa shape index (κ3) is 3.23. The molecule has 0 aromatic heterocycles. The number of rotatable bonds is 3. The van der Waals surface area contributed by atoms with Crippen molar-refractivity contribution in [2.75, 3.05) is 0 Å². The Labute approximate surface area is 91.9 Å². The van der Waals surface area contributed by atoms with Crippen LogP contribution in [-0.2, 0) is 4.79 Å². The number of aromatic carboxylic acids is 1. The van der Waals surface area contributed by atoms with Crippen molar-refractivity contribution in [3.63, 3.8) is 0 Å². The summed E-state index contributed by atoms with van der Waals surface area (Å²) in [6, 6.07) is 4.31. The summed E-state index contributed by atoms with van der Waals surface area (Å²) in [6.45, 7) is 0. The average Bonchev–Trinajstić information content (AvgIpc) is 2.16. The van der Waals surface area contributed by atoms with Crippen LogP contribution < -0.4 is 5.73 Å². The molecule has 0 aliphatic heterocycles. The molecule has 0 bridgehead atoms. The van der Waals surface area contributed by atoms with Crippen molar-refractivity contribution in [1.29, 1.82) is 0 Å². The van der Waals surface area contributed by atoms with Gasteiger partial charge in [-0.15, -0.1) is 12.4 Å². The lowest BCUT2D eigenvalue weighted by atomic mass is 10.1. The number of hydrogen-bond donors (Lipinski definition) is 3. The van der Waals surface area contributed by atoms with Gasteiger partial charge in [-0.2, -0.15) is 0 Å². The summed E-state index contributed by atoms with van der Waals surface area (Å²) in [5.74, 6) is -2.20. The van der Waals surface area contributed by atoms with Gasteiger partial charge in [-0.25, -0.2) is 4.79 Å². The molecule has 1 aromatic carbocycles. The van der Waals surface area contributed by atoms with E-state index < -0.39 is 18.0 Å². The van der Waals surface area contributed by atoms with E-state index in [1.807, 2.05) is 0 Å². The summed E-state index contributed by atoms with van der Waals surface area (Å²) < 4.78 is 0. The molecule has 0 aliphatic rings. The predicted octanol–water partition coefficient (Wildman–Crippen LogP) is 0.891. The highest BCUT2D eigenvalue weighted by Gasteiger charge is 2.14. The minimum absolute atomic E-state index is 0. The second kappa shape index (κ2) is 5.33. The van der Waals surface area contributed by atoms with E-state index in [2.05, 4.69) is 0 Å². The summed E-state index contributed by atoms with van der Waals surface area (Å²) in [5.41, 5.74) is 5.80. The van der Waals surface area contributed by atoms with Crippen LogP contribution in [0.5, 0.6) is 0 Å². The quantitative estimate of drug-likeness (QED) is 0.717. The monoisotopic (exact) mass is 231 g/mol. The fraction of sp³-hybridized carbons (Fsp3) is 0.111. The Morgan fingerprint density at radius 1 is 1.13 bits per heavy atom. The number of halogens is 1. The lowest BCUT2D eigenvalue weighted by molar-refractivity contribution is -0.138. The molecule has 1 aromatic rings. The molecule has 0 saturated heterocycles. The number of nitrogens with two attached hydrogens (primary N) is 1. The lowest BCUT2D eigenvalue weighted by Crippen LogP contribution is -2.20. The van der Waals surface area contributed by atoms with Crippen molar-refractivity contribution in [3.05, 3.63) is 35.4 Å². The standard InChI is InChI=1S/C9H9NO4.ClH/c10-7(9(13)14)5-1-3-6(4-2-5)8(11)12;/h1-4,7H,10H2,(H,11,12)(H,13,14);1H. The first-order valence-electron chi connectivity index (χ1n) is 3.84. The Hall–Kier alpha value is -1.59. The molecule has 0 aliphatic carbocycles. The maximum atomic E-state index is 10.5. The Morgan fingerprint density at radius 3 is 1.93 bits per heavy atom. The van der Waals surface area contributed by atoms with Gasteiger partial charge in [0.2, 0.25) is 0 Å². The van der Waals surface area contributed by atoms with Crippen molar-refractivity contribution >= 4 is 24.3 Å². The van der Waals surface area contributed by atoms with E-state index in [9.17, 15) is 9.59 Å². The van der Waals surface area contributed by atoms with Gasteiger partial charge in [0.05, 0.1) is 5.56 Å². The highest BCUT2D eigenvalue weighted by atomic mass is 35.5. The molecule has 0 heterocycles. The van der Waals surface area contributed by atoms with E-state index in [0.717, 1.165) is 0 Å². The molecule has 1 rings (SSSR count). The van der Waals surface area contributed by atoms with Gasteiger partial charge in [0, 0.05) is 0 Å². The summed E-state index contributed by atoms with van der Waals surface area (Å²) >= 11 is 0. The van der Waals surface area contributed by atoms with Crippen LogP contribution in [0, 0.1) is 0 Å². The van der Waals surface area contributed by atoms with E-state index in [0.29, 0.717) is 5.56 Å².